The zero-order valence-electron chi connectivity index (χ0n) is 44.8. The summed E-state index contributed by atoms with van der Waals surface area (Å²) in [4.78, 5) is 52.6. The van der Waals surface area contributed by atoms with Crippen molar-refractivity contribution in [2.75, 3.05) is 38.7 Å². The van der Waals surface area contributed by atoms with E-state index in [9.17, 15) is 19.2 Å². The van der Waals surface area contributed by atoms with E-state index in [0.717, 1.165) is 57.8 Å². The lowest BCUT2D eigenvalue weighted by molar-refractivity contribution is -0.154. The van der Waals surface area contributed by atoms with E-state index >= 15 is 0 Å². The molecule has 0 saturated heterocycles. The molecule has 0 radical (unpaired) electrons. The van der Waals surface area contributed by atoms with Crippen molar-refractivity contribution >= 4 is 35.5 Å². The Morgan fingerprint density at radius 2 is 0.809 bits per heavy atom. The number of amides is 2. The van der Waals surface area contributed by atoms with E-state index in [1.807, 2.05) is 0 Å². The molecule has 0 aliphatic rings. The van der Waals surface area contributed by atoms with Gasteiger partial charge in [0.2, 0.25) is 11.8 Å². The summed E-state index contributed by atoms with van der Waals surface area (Å²) in [7, 11) is 0. The number of unbranched alkanes of at least 4 members (excludes halogenated alkanes) is 36. The molecular formula is C57H110N2O8S. The van der Waals surface area contributed by atoms with E-state index in [-0.39, 0.29) is 68.9 Å². The molecule has 2 atom stereocenters. The minimum Gasteiger partial charge on any atom is -0.461 e. The van der Waals surface area contributed by atoms with Gasteiger partial charge in [-0.3, -0.25) is 19.2 Å². The van der Waals surface area contributed by atoms with Gasteiger partial charge in [-0.15, -0.1) is 11.8 Å². The first kappa shape index (κ1) is 66.2. The molecule has 11 heteroatoms. The molecule has 3 N–H and O–H groups in total. The molecule has 0 bridgehead atoms. The van der Waals surface area contributed by atoms with Crippen molar-refractivity contribution in [1.82, 2.24) is 10.6 Å². The number of rotatable bonds is 55. The molecule has 0 aromatic heterocycles. The molecule has 0 aliphatic carbocycles. The van der Waals surface area contributed by atoms with Crippen LogP contribution in [-0.4, -0.2) is 79.1 Å². The van der Waals surface area contributed by atoms with Crippen molar-refractivity contribution in [3.8, 4) is 0 Å². The third-order valence-electron chi connectivity index (χ3n) is 13.0. The number of aliphatic hydroxyl groups excluding tert-OH is 1. The zero-order valence-corrected chi connectivity index (χ0v) is 45.6. The molecular weight excluding hydrogens is 873 g/mol. The van der Waals surface area contributed by atoms with Crippen molar-refractivity contribution in [2.45, 2.75) is 302 Å². The molecule has 0 rings (SSSR count). The number of carbonyl (C=O) groups excluding carboxylic acids is 4. The van der Waals surface area contributed by atoms with Gasteiger partial charge < -0.3 is 30.0 Å². The molecule has 2 amide bonds. The highest BCUT2D eigenvalue weighted by Crippen LogP contribution is 2.20. The van der Waals surface area contributed by atoms with Gasteiger partial charge in [0.15, 0.2) is 5.44 Å². The number of esters is 2. The van der Waals surface area contributed by atoms with Crippen molar-refractivity contribution in [2.24, 2.45) is 0 Å². The van der Waals surface area contributed by atoms with E-state index in [2.05, 4.69) is 31.4 Å². The second-order valence-corrected chi connectivity index (χ2v) is 20.9. The van der Waals surface area contributed by atoms with E-state index in [0.29, 0.717) is 12.8 Å². The highest BCUT2D eigenvalue weighted by Gasteiger charge is 2.25. The summed E-state index contributed by atoms with van der Waals surface area (Å²) in [6.07, 6.45) is 48.7. The number of hydrogen-bond acceptors (Lipinski definition) is 9. The number of aliphatic hydroxyl groups is 1. The van der Waals surface area contributed by atoms with Crippen LogP contribution >= 0.6 is 11.8 Å². The minimum absolute atomic E-state index is 0.105. The topological polar surface area (TPSA) is 140 Å². The van der Waals surface area contributed by atoms with Crippen molar-refractivity contribution in [1.29, 1.82) is 0 Å². The first-order chi connectivity index (χ1) is 33.4. The first-order valence-corrected chi connectivity index (χ1v) is 30.1. The Kier molecular flexibility index (Phi) is 53.0. The SMILES string of the molecule is CCCCCCCCCCCCCCCC(=O)NC(CSC(COC(=O)CCCCCCCCCCCCCCC)OC(=O)CCCCCCCCCCCCCCC)C(=O)NCCOCCO. The third kappa shape index (κ3) is 49.1. The molecule has 0 spiro atoms. The van der Waals surface area contributed by atoms with Crippen LogP contribution in [0.5, 0.6) is 0 Å². The van der Waals surface area contributed by atoms with Crippen LogP contribution in [0.2, 0.25) is 0 Å². The fraction of sp³-hybridized carbons (Fsp3) is 0.930. The maximum atomic E-state index is 13.4. The number of thioether (sulfide) groups is 1. The van der Waals surface area contributed by atoms with Gasteiger partial charge in [0.25, 0.3) is 0 Å². The molecule has 10 nitrogen and oxygen atoms in total. The summed E-state index contributed by atoms with van der Waals surface area (Å²) in [5.74, 6) is -1.06. The highest BCUT2D eigenvalue weighted by atomic mass is 32.2. The second-order valence-electron chi connectivity index (χ2n) is 19.7. The number of hydrogen-bond donors (Lipinski definition) is 3. The van der Waals surface area contributed by atoms with Gasteiger partial charge in [-0.25, -0.2) is 0 Å². The van der Waals surface area contributed by atoms with Gasteiger partial charge in [-0.2, -0.15) is 0 Å². The molecule has 0 aromatic carbocycles. The van der Waals surface area contributed by atoms with Crippen molar-refractivity contribution in [3.05, 3.63) is 0 Å². The van der Waals surface area contributed by atoms with Gasteiger partial charge in [0, 0.05) is 31.6 Å². The molecule has 0 fully saturated rings. The molecule has 0 aromatic rings. The van der Waals surface area contributed by atoms with Crippen LogP contribution in [0.15, 0.2) is 0 Å². The van der Waals surface area contributed by atoms with Crippen molar-refractivity contribution < 1.29 is 38.5 Å². The smallest absolute Gasteiger partial charge is 0.307 e. The summed E-state index contributed by atoms with van der Waals surface area (Å²) in [5.41, 5.74) is -0.804. The van der Waals surface area contributed by atoms with Crippen LogP contribution in [0.4, 0.5) is 0 Å². The van der Waals surface area contributed by atoms with Crippen LogP contribution in [-0.2, 0) is 33.4 Å². The van der Waals surface area contributed by atoms with Gasteiger partial charge in [-0.1, -0.05) is 252 Å². The fourth-order valence-electron chi connectivity index (χ4n) is 8.62. The van der Waals surface area contributed by atoms with E-state index in [1.165, 1.54) is 204 Å². The molecule has 0 heterocycles. The maximum Gasteiger partial charge on any atom is 0.307 e. The summed E-state index contributed by atoms with van der Waals surface area (Å²) in [5, 5.41) is 14.8. The third-order valence-corrected chi connectivity index (χ3v) is 14.1. The van der Waals surface area contributed by atoms with Gasteiger partial charge in [0.1, 0.15) is 12.6 Å². The summed E-state index contributed by atoms with van der Waals surface area (Å²) < 4.78 is 16.9. The van der Waals surface area contributed by atoms with Gasteiger partial charge in [-0.05, 0) is 19.3 Å². The van der Waals surface area contributed by atoms with E-state index < -0.39 is 11.5 Å². The monoisotopic (exact) mass is 983 g/mol. The average molecular weight is 984 g/mol. The number of carbonyl (C=O) groups is 4. The summed E-state index contributed by atoms with van der Waals surface area (Å²) in [6.45, 7) is 7.19. The van der Waals surface area contributed by atoms with Crippen LogP contribution in [0.1, 0.15) is 290 Å². The molecule has 68 heavy (non-hydrogen) atoms. The van der Waals surface area contributed by atoms with Crippen LogP contribution in [0, 0.1) is 0 Å². The van der Waals surface area contributed by atoms with Crippen LogP contribution in [0.25, 0.3) is 0 Å². The number of nitrogens with one attached hydrogen (secondary N) is 2. The summed E-state index contributed by atoms with van der Waals surface area (Å²) in [6, 6.07) is -0.879. The largest absolute Gasteiger partial charge is 0.461 e. The number of ether oxygens (including phenoxy) is 3. The maximum absolute atomic E-state index is 13.4. The highest BCUT2D eigenvalue weighted by molar-refractivity contribution is 7.99. The Morgan fingerprint density at radius 3 is 1.19 bits per heavy atom. The Labute approximate surface area is 423 Å². The molecule has 0 saturated carbocycles. The summed E-state index contributed by atoms with van der Waals surface area (Å²) >= 11 is 1.21. The van der Waals surface area contributed by atoms with Gasteiger partial charge in [0.05, 0.1) is 19.8 Å². The Balaban J connectivity index is 5.07. The van der Waals surface area contributed by atoms with E-state index in [4.69, 9.17) is 19.3 Å². The first-order valence-electron chi connectivity index (χ1n) is 29.1. The fourth-order valence-corrected chi connectivity index (χ4v) is 9.60. The Bertz CT molecular complexity index is 1110. The normalized spacial score (nSPS) is 12.2. The van der Waals surface area contributed by atoms with E-state index in [1.54, 1.807) is 0 Å². The lowest BCUT2D eigenvalue weighted by atomic mass is 10.0. The molecule has 2 unspecified atom stereocenters. The molecule has 0 aliphatic heterocycles. The lowest BCUT2D eigenvalue weighted by Crippen LogP contribution is -2.49. The van der Waals surface area contributed by atoms with Crippen LogP contribution < -0.4 is 10.6 Å². The second kappa shape index (κ2) is 54.5. The Morgan fingerprint density at radius 1 is 0.456 bits per heavy atom. The quantitative estimate of drug-likeness (QED) is 0.0309. The minimum atomic E-state index is -0.879. The lowest BCUT2D eigenvalue weighted by Gasteiger charge is -2.22. The zero-order chi connectivity index (χ0) is 49.6. The predicted octanol–water partition coefficient (Wildman–Crippen LogP) is 15.2. The van der Waals surface area contributed by atoms with Crippen LogP contribution in [0.3, 0.4) is 0 Å². The standard InChI is InChI=1S/C57H110N2O8S/c1-4-7-10-13-16-19-22-25-28-31-34-37-40-43-53(61)59-52(57(64)58-46-48-65-49-47-60)51-68-56(67-55(63)45-42-39-36-33-30-27-24-21-18-15-12-9-6-3)50-66-54(62)44-41-38-35-32-29-26-23-20-17-14-11-8-5-2/h52,56,60H,4-51H2,1-3H3,(H,58,64)(H,59,61). The average Bonchev–Trinajstić information content (AvgIpc) is 3.33. The Hall–Kier alpha value is -1.85. The van der Waals surface area contributed by atoms with Crippen molar-refractivity contribution in [3.63, 3.8) is 0 Å². The predicted molar refractivity (Wildman–Crippen MR) is 287 cm³/mol. The molecule has 402 valence electrons. The van der Waals surface area contributed by atoms with Gasteiger partial charge >= 0.3 is 11.9 Å².